The number of amides is 1. The Hall–Kier alpha value is -0.460. The monoisotopic (exact) mass is 830 g/mol. The van der Waals surface area contributed by atoms with Crippen LogP contribution < -0.4 is 5.32 Å². The third-order valence-corrected chi connectivity index (χ3v) is 12.6. The lowest BCUT2D eigenvalue weighted by molar-refractivity contribution is -0.123. The SMILES string of the molecule is CCCCCCCCCCCCCCCCCCCCCCCCCCCCCC(=O)N[C@@H](COP(=O)(O)O)[C@H](O)CCCCCCCCCCCCCCCC. The molecule has 7 nitrogen and oxygen atoms in total. The van der Waals surface area contributed by atoms with E-state index in [-0.39, 0.29) is 5.91 Å². The predicted molar refractivity (Wildman–Crippen MR) is 246 cm³/mol. The molecule has 0 saturated heterocycles. The Morgan fingerprint density at radius 2 is 0.684 bits per heavy atom. The van der Waals surface area contributed by atoms with Crippen molar-refractivity contribution in [1.82, 2.24) is 5.32 Å². The van der Waals surface area contributed by atoms with Gasteiger partial charge in [-0.2, -0.15) is 0 Å². The standard InChI is InChI=1S/C49H100NO6P/c1-3-5-7-9-11-13-15-17-19-20-21-22-23-24-25-26-27-28-29-30-31-33-35-37-39-41-43-45-49(52)50-47(46-56-57(53,54)55)48(51)44-42-40-38-36-34-32-18-16-14-12-10-8-6-4-2/h47-48,51H,3-46H2,1-2H3,(H,50,52)(H2,53,54,55)/t47-,48+/m0/s1. The van der Waals surface area contributed by atoms with Crippen LogP contribution in [-0.2, 0) is 13.9 Å². The summed E-state index contributed by atoms with van der Waals surface area (Å²) in [4.78, 5) is 31.1. The first-order chi connectivity index (χ1) is 27.8. The van der Waals surface area contributed by atoms with Crippen molar-refractivity contribution in [3.05, 3.63) is 0 Å². The van der Waals surface area contributed by atoms with Crippen molar-refractivity contribution < 1.29 is 28.8 Å². The Labute approximate surface area is 355 Å². The molecule has 0 aliphatic rings. The first-order valence-corrected chi connectivity index (χ1v) is 27.0. The fourth-order valence-electron chi connectivity index (χ4n) is 8.23. The molecule has 0 unspecified atom stereocenters. The van der Waals surface area contributed by atoms with Crippen LogP contribution in [0, 0.1) is 0 Å². The molecule has 0 bridgehead atoms. The van der Waals surface area contributed by atoms with Gasteiger partial charge in [-0.15, -0.1) is 0 Å². The molecule has 0 aliphatic carbocycles. The van der Waals surface area contributed by atoms with Crippen molar-refractivity contribution in [3.8, 4) is 0 Å². The normalized spacial score (nSPS) is 13.0. The number of rotatable bonds is 48. The summed E-state index contributed by atoms with van der Waals surface area (Å²) in [7, 11) is -4.69. The van der Waals surface area contributed by atoms with E-state index in [0.29, 0.717) is 12.8 Å². The summed E-state index contributed by atoms with van der Waals surface area (Å²) in [5.41, 5.74) is 0. The Morgan fingerprint density at radius 1 is 0.439 bits per heavy atom. The second kappa shape index (κ2) is 45.1. The maximum Gasteiger partial charge on any atom is 0.469 e. The molecule has 4 N–H and O–H groups in total. The molecule has 0 heterocycles. The number of aliphatic hydroxyl groups is 1. The van der Waals surface area contributed by atoms with Crippen molar-refractivity contribution in [2.24, 2.45) is 0 Å². The number of hydrogen-bond acceptors (Lipinski definition) is 4. The number of hydrogen-bond donors (Lipinski definition) is 4. The summed E-state index contributed by atoms with van der Waals surface area (Å²) in [6, 6.07) is -0.818. The molecule has 0 saturated carbocycles. The molecular formula is C49H100NO6P. The Balaban J connectivity index is 3.69. The molecular weight excluding hydrogens is 730 g/mol. The number of unbranched alkanes of at least 4 members (excludes halogenated alkanes) is 39. The first kappa shape index (κ1) is 56.5. The van der Waals surface area contributed by atoms with E-state index >= 15 is 0 Å². The first-order valence-electron chi connectivity index (χ1n) is 25.5. The lowest BCUT2D eigenvalue weighted by atomic mass is 10.0. The maximum absolute atomic E-state index is 12.7. The molecule has 0 rings (SSSR count). The number of aliphatic hydroxyl groups excluding tert-OH is 1. The number of carbonyl (C=O) groups excluding carboxylic acids is 1. The molecule has 2 atom stereocenters. The van der Waals surface area contributed by atoms with Gasteiger partial charge in [-0.3, -0.25) is 9.32 Å². The van der Waals surface area contributed by atoms with E-state index in [0.717, 1.165) is 38.5 Å². The molecule has 0 aromatic rings. The van der Waals surface area contributed by atoms with Crippen LogP contribution >= 0.6 is 7.82 Å². The van der Waals surface area contributed by atoms with Crippen LogP contribution in [0.25, 0.3) is 0 Å². The van der Waals surface area contributed by atoms with E-state index in [9.17, 15) is 24.3 Å². The molecule has 0 aliphatic heterocycles. The zero-order valence-corrected chi connectivity index (χ0v) is 39.2. The topological polar surface area (TPSA) is 116 Å². The van der Waals surface area contributed by atoms with Gasteiger partial charge in [-0.05, 0) is 12.8 Å². The molecule has 8 heteroatoms. The molecule has 0 radical (unpaired) electrons. The van der Waals surface area contributed by atoms with E-state index in [4.69, 9.17) is 4.52 Å². The second-order valence-corrected chi connectivity index (χ2v) is 19.1. The van der Waals surface area contributed by atoms with Crippen LogP contribution in [0.15, 0.2) is 0 Å². The smallest absolute Gasteiger partial charge is 0.391 e. The molecule has 0 spiro atoms. The summed E-state index contributed by atoms with van der Waals surface area (Å²) < 4.78 is 16.0. The van der Waals surface area contributed by atoms with E-state index in [1.54, 1.807) is 0 Å². The van der Waals surface area contributed by atoms with Gasteiger partial charge in [-0.25, -0.2) is 4.57 Å². The summed E-state index contributed by atoms with van der Waals surface area (Å²) in [6.07, 6.45) is 54.0. The van der Waals surface area contributed by atoms with E-state index in [2.05, 4.69) is 19.2 Å². The van der Waals surface area contributed by atoms with Gasteiger partial charge >= 0.3 is 7.82 Å². The van der Waals surface area contributed by atoms with Crippen LogP contribution in [0.1, 0.15) is 290 Å². The average Bonchev–Trinajstić information content (AvgIpc) is 3.18. The highest BCUT2D eigenvalue weighted by atomic mass is 31.2. The predicted octanol–water partition coefficient (Wildman–Crippen LogP) is 15.8. The summed E-state index contributed by atoms with van der Waals surface area (Å²) in [6.45, 7) is 4.16. The van der Waals surface area contributed by atoms with E-state index in [1.165, 1.54) is 225 Å². The Bertz CT molecular complexity index is 854. The van der Waals surface area contributed by atoms with Gasteiger partial charge in [0.25, 0.3) is 0 Å². The van der Waals surface area contributed by atoms with E-state index < -0.39 is 26.6 Å². The van der Waals surface area contributed by atoms with E-state index in [1.807, 2.05) is 0 Å². The molecule has 0 aromatic heterocycles. The van der Waals surface area contributed by atoms with Gasteiger partial charge in [0.1, 0.15) is 0 Å². The Morgan fingerprint density at radius 3 is 0.947 bits per heavy atom. The van der Waals surface area contributed by atoms with Crippen LogP contribution in [0.3, 0.4) is 0 Å². The van der Waals surface area contributed by atoms with Gasteiger partial charge in [0.05, 0.1) is 18.8 Å². The van der Waals surface area contributed by atoms with Gasteiger partial charge in [0.15, 0.2) is 0 Å². The number of phosphoric acid groups is 1. The van der Waals surface area contributed by atoms with Crippen molar-refractivity contribution in [2.75, 3.05) is 6.61 Å². The van der Waals surface area contributed by atoms with Crippen LogP contribution in [-0.4, -0.2) is 39.6 Å². The lowest BCUT2D eigenvalue weighted by Crippen LogP contribution is -2.46. The van der Waals surface area contributed by atoms with Crippen LogP contribution in [0.4, 0.5) is 0 Å². The largest absolute Gasteiger partial charge is 0.469 e. The fourth-order valence-corrected chi connectivity index (χ4v) is 8.59. The van der Waals surface area contributed by atoms with Crippen molar-refractivity contribution >= 4 is 13.7 Å². The van der Waals surface area contributed by atoms with Gasteiger partial charge in [-0.1, -0.05) is 271 Å². The molecule has 57 heavy (non-hydrogen) atoms. The lowest BCUT2D eigenvalue weighted by Gasteiger charge is -2.24. The molecule has 1 amide bonds. The van der Waals surface area contributed by atoms with Crippen molar-refractivity contribution in [1.29, 1.82) is 0 Å². The number of nitrogens with one attached hydrogen (secondary N) is 1. The highest BCUT2D eigenvalue weighted by Crippen LogP contribution is 2.36. The molecule has 0 fully saturated rings. The van der Waals surface area contributed by atoms with Gasteiger partial charge in [0, 0.05) is 6.42 Å². The zero-order valence-electron chi connectivity index (χ0n) is 38.3. The highest BCUT2D eigenvalue weighted by Gasteiger charge is 2.25. The second-order valence-electron chi connectivity index (χ2n) is 17.9. The number of phosphoric ester groups is 1. The average molecular weight is 830 g/mol. The number of carbonyl (C=O) groups is 1. The minimum Gasteiger partial charge on any atom is -0.391 e. The van der Waals surface area contributed by atoms with Crippen LogP contribution in [0.5, 0.6) is 0 Å². The van der Waals surface area contributed by atoms with Gasteiger partial charge in [0.2, 0.25) is 5.91 Å². The summed E-state index contributed by atoms with van der Waals surface area (Å²) >= 11 is 0. The third kappa shape index (κ3) is 46.5. The summed E-state index contributed by atoms with van der Waals surface area (Å²) in [5.74, 6) is -0.186. The fraction of sp³-hybridized carbons (Fsp3) is 0.980. The third-order valence-electron chi connectivity index (χ3n) is 12.1. The summed E-state index contributed by atoms with van der Waals surface area (Å²) in [5, 5.41) is 13.6. The maximum atomic E-state index is 12.7. The van der Waals surface area contributed by atoms with Crippen molar-refractivity contribution in [3.63, 3.8) is 0 Å². The minimum atomic E-state index is -4.69. The minimum absolute atomic E-state index is 0.186. The highest BCUT2D eigenvalue weighted by molar-refractivity contribution is 7.46. The van der Waals surface area contributed by atoms with Crippen LogP contribution in [0.2, 0.25) is 0 Å². The Kier molecular flexibility index (Phi) is 44.7. The molecule has 342 valence electrons. The zero-order chi connectivity index (χ0) is 41.8. The van der Waals surface area contributed by atoms with Gasteiger partial charge < -0.3 is 20.2 Å². The molecule has 0 aromatic carbocycles. The quantitative estimate of drug-likeness (QED) is 0.0358. The van der Waals surface area contributed by atoms with Crippen molar-refractivity contribution in [2.45, 2.75) is 302 Å².